The molecule has 0 bridgehead atoms. The maximum atomic E-state index is 12.2. The topological polar surface area (TPSA) is 66.4 Å². The zero-order chi connectivity index (χ0) is 13.8. The second-order valence-corrected chi connectivity index (χ2v) is 6.57. The molecular formula is C12H18ClNO3S. The molecule has 0 saturated carbocycles. The summed E-state index contributed by atoms with van der Waals surface area (Å²) in [6.07, 6.45) is 0.969. The summed E-state index contributed by atoms with van der Waals surface area (Å²) in [6.45, 7) is 3.59. The van der Waals surface area contributed by atoms with E-state index in [0.29, 0.717) is 17.9 Å². The van der Waals surface area contributed by atoms with Crippen molar-refractivity contribution in [1.29, 1.82) is 0 Å². The second kappa shape index (κ2) is 6.02. The van der Waals surface area contributed by atoms with E-state index in [1.807, 2.05) is 6.92 Å². The van der Waals surface area contributed by atoms with Gasteiger partial charge in [-0.15, -0.1) is 0 Å². The number of hydrogen-bond donors (Lipinski definition) is 2. The minimum absolute atomic E-state index is 0.0620. The van der Waals surface area contributed by atoms with Gasteiger partial charge in [0.1, 0.15) is 0 Å². The molecule has 0 amide bonds. The summed E-state index contributed by atoms with van der Waals surface area (Å²) in [5, 5.41) is 9.47. The molecule has 4 nitrogen and oxygen atoms in total. The van der Waals surface area contributed by atoms with Gasteiger partial charge in [-0.1, -0.05) is 18.5 Å². The Balaban J connectivity index is 2.97. The van der Waals surface area contributed by atoms with Gasteiger partial charge in [-0.05, 0) is 44.0 Å². The minimum atomic E-state index is -3.59. The highest BCUT2D eigenvalue weighted by Gasteiger charge is 2.28. The van der Waals surface area contributed by atoms with Gasteiger partial charge < -0.3 is 5.11 Å². The predicted molar refractivity (Wildman–Crippen MR) is 72.2 cm³/mol. The third-order valence-corrected chi connectivity index (χ3v) is 4.85. The largest absolute Gasteiger partial charge is 0.396 e. The normalized spacial score (nSPS) is 15.3. The van der Waals surface area contributed by atoms with Crippen molar-refractivity contribution >= 4 is 21.6 Å². The lowest BCUT2D eigenvalue weighted by Gasteiger charge is -2.28. The number of rotatable bonds is 6. The lowest BCUT2D eigenvalue weighted by molar-refractivity contribution is 0.233. The van der Waals surface area contributed by atoms with Gasteiger partial charge in [0.2, 0.25) is 10.0 Å². The van der Waals surface area contributed by atoms with Crippen molar-refractivity contribution in [3.05, 3.63) is 29.3 Å². The first-order chi connectivity index (χ1) is 8.33. The van der Waals surface area contributed by atoms with Crippen LogP contribution in [0.2, 0.25) is 5.02 Å². The smallest absolute Gasteiger partial charge is 0.241 e. The molecule has 2 N–H and O–H groups in total. The average Bonchev–Trinajstić information content (AvgIpc) is 2.29. The highest BCUT2D eigenvalue weighted by atomic mass is 35.5. The summed E-state index contributed by atoms with van der Waals surface area (Å²) >= 11 is 5.72. The molecule has 1 atom stereocenters. The lowest BCUT2D eigenvalue weighted by Crippen LogP contribution is -2.46. The first kappa shape index (κ1) is 15.4. The zero-order valence-corrected chi connectivity index (χ0v) is 12.1. The molecular weight excluding hydrogens is 274 g/mol. The monoisotopic (exact) mass is 291 g/mol. The van der Waals surface area contributed by atoms with Gasteiger partial charge in [-0.2, -0.15) is 0 Å². The molecule has 18 heavy (non-hydrogen) atoms. The minimum Gasteiger partial charge on any atom is -0.396 e. The molecule has 0 saturated heterocycles. The molecule has 0 heterocycles. The molecule has 1 aromatic carbocycles. The van der Waals surface area contributed by atoms with Gasteiger partial charge >= 0.3 is 0 Å². The SMILES string of the molecule is CCC(C)(CCO)NS(=O)(=O)c1ccc(Cl)cc1. The van der Waals surface area contributed by atoms with Crippen LogP contribution >= 0.6 is 11.6 Å². The van der Waals surface area contributed by atoms with E-state index >= 15 is 0 Å². The first-order valence-electron chi connectivity index (χ1n) is 5.73. The van der Waals surface area contributed by atoms with Crippen LogP contribution in [-0.4, -0.2) is 25.7 Å². The zero-order valence-electron chi connectivity index (χ0n) is 10.5. The van der Waals surface area contributed by atoms with E-state index in [1.165, 1.54) is 24.3 Å². The predicted octanol–water partition coefficient (Wildman–Crippen LogP) is 2.17. The Morgan fingerprint density at radius 1 is 1.33 bits per heavy atom. The highest BCUT2D eigenvalue weighted by Crippen LogP contribution is 2.20. The summed E-state index contributed by atoms with van der Waals surface area (Å²) in [6, 6.07) is 5.98. The van der Waals surface area contributed by atoms with Crippen molar-refractivity contribution in [2.75, 3.05) is 6.61 Å². The molecule has 1 aromatic rings. The Bertz CT molecular complexity index is 487. The number of benzene rings is 1. The summed E-state index contributed by atoms with van der Waals surface area (Å²) in [5.74, 6) is 0. The van der Waals surface area contributed by atoms with Crippen molar-refractivity contribution in [3.8, 4) is 0 Å². The van der Waals surface area contributed by atoms with Crippen molar-refractivity contribution in [2.45, 2.75) is 37.1 Å². The van der Waals surface area contributed by atoms with Crippen LogP contribution in [0.1, 0.15) is 26.7 Å². The fraction of sp³-hybridized carbons (Fsp3) is 0.500. The van der Waals surface area contributed by atoms with Crippen LogP contribution in [0.5, 0.6) is 0 Å². The number of sulfonamides is 1. The molecule has 0 aliphatic carbocycles. The molecule has 1 rings (SSSR count). The van der Waals surface area contributed by atoms with Gasteiger partial charge in [0.15, 0.2) is 0 Å². The number of hydrogen-bond acceptors (Lipinski definition) is 3. The molecule has 102 valence electrons. The van der Waals surface area contributed by atoms with Gasteiger partial charge in [-0.3, -0.25) is 0 Å². The van der Waals surface area contributed by atoms with Crippen LogP contribution in [0.15, 0.2) is 29.2 Å². The lowest BCUT2D eigenvalue weighted by atomic mass is 9.97. The van der Waals surface area contributed by atoms with Crippen molar-refractivity contribution < 1.29 is 13.5 Å². The van der Waals surface area contributed by atoms with Crippen molar-refractivity contribution in [1.82, 2.24) is 4.72 Å². The Labute approximate surface area is 113 Å². The quantitative estimate of drug-likeness (QED) is 0.844. The fourth-order valence-electron chi connectivity index (χ4n) is 1.54. The highest BCUT2D eigenvalue weighted by molar-refractivity contribution is 7.89. The number of halogens is 1. The number of nitrogens with one attached hydrogen (secondary N) is 1. The molecule has 0 spiro atoms. The van der Waals surface area contributed by atoms with E-state index < -0.39 is 15.6 Å². The number of aliphatic hydroxyl groups excluding tert-OH is 1. The summed E-state index contributed by atoms with van der Waals surface area (Å²) < 4.78 is 26.9. The van der Waals surface area contributed by atoms with Gasteiger partial charge in [0.25, 0.3) is 0 Å². The molecule has 1 unspecified atom stereocenters. The van der Waals surface area contributed by atoms with Crippen LogP contribution in [0.25, 0.3) is 0 Å². The Morgan fingerprint density at radius 2 is 1.89 bits per heavy atom. The summed E-state index contributed by atoms with van der Waals surface area (Å²) in [7, 11) is -3.59. The van der Waals surface area contributed by atoms with Crippen LogP contribution in [-0.2, 0) is 10.0 Å². The van der Waals surface area contributed by atoms with Crippen LogP contribution in [0.4, 0.5) is 0 Å². The van der Waals surface area contributed by atoms with E-state index in [1.54, 1.807) is 6.92 Å². The van der Waals surface area contributed by atoms with E-state index in [2.05, 4.69) is 4.72 Å². The van der Waals surface area contributed by atoms with E-state index in [9.17, 15) is 8.42 Å². The molecule has 0 aromatic heterocycles. The van der Waals surface area contributed by atoms with Crippen molar-refractivity contribution in [2.24, 2.45) is 0 Å². The van der Waals surface area contributed by atoms with Gasteiger partial charge in [0.05, 0.1) is 4.90 Å². The third kappa shape index (κ3) is 3.95. The molecule has 0 aliphatic rings. The second-order valence-electron chi connectivity index (χ2n) is 4.45. The van der Waals surface area contributed by atoms with E-state index in [0.717, 1.165) is 0 Å². The van der Waals surface area contributed by atoms with E-state index in [4.69, 9.17) is 16.7 Å². The van der Waals surface area contributed by atoms with Crippen LogP contribution in [0, 0.1) is 0 Å². The Morgan fingerprint density at radius 3 is 2.33 bits per heavy atom. The first-order valence-corrected chi connectivity index (χ1v) is 7.59. The molecule has 6 heteroatoms. The van der Waals surface area contributed by atoms with Gasteiger partial charge in [-0.25, -0.2) is 13.1 Å². The number of aliphatic hydroxyl groups is 1. The van der Waals surface area contributed by atoms with Crippen LogP contribution < -0.4 is 4.72 Å². The van der Waals surface area contributed by atoms with Gasteiger partial charge in [0, 0.05) is 17.2 Å². The maximum Gasteiger partial charge on any atom is 0.241 e. The maximum absolute atomic E-state index is 12.2. The summed E-state index contributed by atoms with van der Waals surface area (Å²) in [4.78, 5) is 0.171. The molecule has 0 aliphatic heterocycles. The Hall–Kier alpha value is -0.620. The summed E-state index contributed by atoms with van der Waals surface area (Å²) in [5.41, 5.74) is -0.646. The Kier molecular flexibility index (Phi) is 5.16. The molecule has 0 fully saturated rings. The average molecular weight is 292 g/mol. The van der Waals surface area contributed by atoms with Crippen LogP contribution in [0.3, 0.4) is 0 Å². The fourth-order valence-corrected chi connectivity index (χ4v) is 3.18. The standard InChI is InChI=1S/C12H18ClNO3S/c1-3-12(2,8-9-15)14-18(16,17)11-6-4-10(13)5-7-11/h4-7,14-15H,3,8-9H2,1-2H3. The molecule has 0 radical (unpaired) electrons. The third-order valence-electron chi connectivity index (χ3n) is 2.95. The van der Waals surface area contributed by atoms with E-state index in [-0.39, 0.29) is 11.5 Å². The van der Waals surface area contributed by atoms with Crippen molar-refractivity contribution in [3.63, 3.8) is 0 Å².